The first kappa shape index (κ1) is 65.8. The van der Waals surface area contributed by atoms with E-state index in [-0.39, 0.29) is 57.9 Å². The van der Waals surface area contributed by atoms with Gasteiger partial charge in [-0.2, -0.15) is 0 Å². The molecular formula is C54H97CoN8O5+. The van der Waals surface area contributed by atoms with Gasteiger partial charge >= 0.3 is 18.1 Å². The minimum atomic E-state index is -1.83. The zero-order valence-corrected chi connectivity index (χ0v) is 47.9. The summed E-state index contributed by atoms with van der Waals surface area (Å²) in [7, 11) is 21.0. The average Bonchev–Trinajstić information content (AvgIpc) is 3.12. The molecule has 4 N–H and O–H groups in total. The fourth-order valence-electron chi connectivity index (χ4n) is 8.38. The number of hydrogen-bond donors (Lipinski definition) is 4. The molecule has 391 valence electrons. The number of phenols is 2. The van der Waals surface area contributed by atoms with Crippen molar-refractivity contribution in [2.75, 3.05) is 83.6 Å². The Kier molecular flexibility index (Phi) is 26.9. The normalized spacial score (nSPS) is 12.9. The third kappa shape index (κ3) is 21.1. The Morgan fingerprint density at radius 3 is 1.06 bits per heavy atom. The standard InChI is InChI=1S/C52H90N8O2.CH2O3.CH3.Co/c1-49(2,3)39-31-37(45(61)41(33-39)51(7,8)9)35-53-43(27-23-25-29-59(21)47(55(13)14)56(15)16)44(28-24-26-30-60(22)48(57(17)18)58(19)20)54-36-38-32-40(50(4,5)6)34-42(46(38)62)52(10,11)12;2-1(3)4;;/h31-36,43-44H,23-30H2,1-22H3;(H2,2,3,4);1H3;/q;;-1;/p+2. The molecule has 0 spiro atoms. The summed E-state index contributed by atoms with van der Waals surface area (Å²) in [6, 6.07) is 8.24. The van der Waals surface area contributed by atoms with E-state index in [9.17, 15) is 10.2 Å². The van der Waals surface area contributed by atoms with E-state index in [4.69, 9.17) is 25.0 Å². The van der Waals surface area contributed by atoms with Crippen LogP contribution < -0.4 is 0 Å². The predicted octanol–water partition coefficient (Wildman–Crippen LogP) is 9.82. The molecule has 0 fully saturated rings. The van der Waals surface area contributed by atoms with E-state index in [0.717, 1.165) is 85.8 Å². The quantitative estimate of drug-likeness (QED) is 0.0451. The Morgan fingerprint density at radius 2 is 0.838 bits per heavy atom. The molecule has 0 aliphatic rings. The molecular weight excluding hydrogens is 900 g/mol. The van der Waals surface area contributed by atoms with Crippen LogP contribution in [0.25, 0.3) is 0 Å². The van der Waals surface area contributed by atoms with Crippen molar-refractivity contribution in [3.8, 4) is 11.5 Å². The zero-order chi connectivity index (χ0) is 51.3. The maximum atomic E-state index is 11.8. The van der Waals surface area contributed by atoms with Crippen LogP contribution in [-0.4, -0.2) is 175 Å². The largest absolute Gasteiger partial charge is 0.507 e. The molecule has 2 rings (SSSR count). The van der Waals surface area contributed by atoms with E-state index < -0.39 is 6.16 Å². The van der Waals surface area contributed by atoms with Crippen molar-refractivity contribution < 1.29 is 51.2 Å². The van der Waals surface area contributed by atoms with Crippen LogP contribution in [0.3, 0.4) is 0 Å². The molecule has 14 heteroatoms. The second-order valence-electron chi connectivity index (χ2n) is 22.9. The monoisotopic (exact) mass is 997 g/mol. The molecule has 0 aliphatic carbocycles. The van der Waals surface area contributed by atoms with Crippen LogP contribution in [0.4, 0.5) is 4.79 Å². The van der Waals surface area contributed by atoms with Gasteiger partial charge in [0.05, 0.1) is 95.6 Å². The summed E-state index contributed by atoms with van der Waals surface area (Å²) >= 11 is 0. The smallest absolute Gasteiger partial charge is 0.503 e. The summed E-state index contributed by atoms with van der Waals surface area (Å²) in [6.07, 6.45) is 7.56. The molecule has 2 atom stereocenters. The van der Waals surface area contributed by atoms with E-state index in [1.54, 1.807) is 0 Å². The summed E-state index contributed by atoms with van der Waals surface area (Å²) < 4.78 is 4.32. The number of aromatic hydroxyl groups is 2. The first-order valence-electron chi connectivity index (χ1n) is 23.6. The molecule has 0 aliphatic heterocycles. The Morgan fingerprint density at radius 1 is 0.559 bits per heavy atom. The average molecular weight is 997 g/mol. The summed E-state index contributed by atoms with van der Waals surface area (Å²) in [5, 5.41) is 37.6. The van der Waals surface area contributed by atoms with Crippen molar-refractivity contribution in [3.05, 3.63) is 65.1 Å². The number of rotatable bonds is 15. The van der Waals surface area contributed by atoms with Gasteiger partial charge in [0.2, 0.25) is 0 Å². The van der Waals surface area contributed by atoms with Gasteiger partial charge in [-0.15, -0.1) is 0 Å². The molecule has 68 heavy (non-hydrogen) atoms. The molecule has 0 saturated heterocycles. The number of unbranched alkanes of at least 4 members (excludes halogenated alkanes) is 2. The van der Waals surface area contributed by atoms with Crippen LogP contribution in [0.5, 0.6) is 11.5 Å². The molecule has 1 radical (unpaired) electrons. The number of nitrogens with zero attached hydrogens (tertiary/aromatic N) is 8. The van der Waals surface area contributed by atoms with Gasteiger partial charge in [-0.3, -0.25) is 38.7 Å². The van der Waals surface area contributed by atoms with E-state index in [0.29, 0.717) is 11.5 Å². The molecule has 0 bridgehead atoms. The first-order valence-corrected chi connectivity index (χ1v) is 23.6. The van der Waals surface area contributed by atoms with Gasteiger partial charge in [-0.25, -0.2) is 4.79 Å². The molecule has 0 aromatic heterocycles. The third-order valence-electron chi connectivity index (χ3n) is 11.7. The van der Waals surface area contributed by atoms with Crippen molar-refractivity contribution in [3.63, 3.8) is 0 Å². The predicted molar refractivity (Wildman–Crippen MR) is 285 cm³/mol. The molecule has 0 amide bonds. The van der Waals surface area contributed by atoms with Crippen LogP contribution in [0, 0.1) is 7.43 Å². The van der Waals surface area contributed by atoms with Crippen molar-refractivity contribution in [2.45, 2.75) is 155 Å². The van der Waals surface area contributed by atoms with Crippen LogP contribution in [-0.2, 0) is 38.4 Å². The van der Waals surface area contributed by atoms with E-state index in [1.165, 1.54) is 11.1 Å². The second kappa shape index (κ2) is 27.8. The van der Waals surface area contributed by atoms with Crippen molar-refractivity contribution >= 4 is 30.5 Å². The summed E-state index contributed by atoms with van der Waals surface area (Å²) in [6.45, 7) is 28.0. The molecule has 2 unspecified atom stereocenters. The minimum Gasteiger partial charge on any atom is -0.507 e. The number of phenolic OH excluding ortho intramolecular Hbond substituents is 2. The van der Waals surface area contributed by atoms with Crippen LogP contribution in [0.15, 0.2) is 34.3 Å². The van der Waals surface area contributed by atoms with Gasteiger partial charge < -0.3 is 27.9 Å². The number of guanidine groups is 2. The van der Waals surface area contributed by atoms with Gasteiger partial charge in [-0.1, -0.05) is 95.2 Å². The maximum Gasteiger partial charge on any atom is 0.503 e. The van der Waals surface area contributed by atoms with Crippen LogP contribution in [0.2, 0.25) is 0 Å². The Balaban J connectivity index is 0. The van der Waals surface area contributed by atoms with Crippen molar-refractivity contribution in [2.24, 2.45) is 9.98 Å². The number of carboxylic acid groups (broad SMARTS) is 2. The minimum absolute atomic E-state index is 0. The van der Waals surface area contributed by atoms with Gasteiger partial charge in [0.15, 0.2) is 0 Å². The van der Waals surface area contributed by atoms with Gasteiger partial charge in [0.1, 0.15) is 11.5 Å². The van der Waals surface area contributed by atoms with Gasteiger partial charge in [0, 0.05) is 51.5 Å². The zero-order valence-electron chi connectivity index (χ0n) is 46.9. The second-order valence-corrected chi connectivity index (χ2v) is 22.9. The summed E-state index contributed by atoms with van der Waals surface area (Å²) in [4.78, 5) is 28.4. The van der Waals surface area contributed by atoms with Crippen molar-refractivity contribution in [1.82, 2.24) is 19.6 Å². The van der Waals surface area contributed by atoms with Crippen LogP contribution >= 0.6 is 0 Å². The van der Waals surface area contributed by atoms with Gasteiger partial charge in [-0.05, 0) is 83.4 Å². The van der Waals surface area contributed by atoms with E-state index in [1.807, 2.05) is 12.4 Å². The molecule has 0 saturated carbocycles. The van der Waals surface area contributed by atoms with Crippen LogP contribution in [0.1, 0.15) is 155 Å². The SMILES string of the molecule is CN(C)C(N(C)CCCCC(N=Cc1cc(C(C)(C)C)cc(C(C)(C)C)c1O)C(CCCCN(C)C(N(C)C)=[N+](C)C)N=Cc1cc(C(C)(C)C)cc(C(C)(C)C)c1O)=[N+](C)C.O=C(O)O.[CH3-].[Co]. The summed E-state index contributed by atoms with van der Waals surface area (Å²) in [5.41, 5.74) is 4.96. The van der Waals surface area contributed by atoms with E-state index in [2.05, 4.69) is 207 Å². The first-order chi connectivity index (χ1) is 30.0. The topological polar surface area (TPSA) is 142 Å². The summed E-state index contributed by atoms with van der Waals surface area (Å²) in [5.74, 6) is 2.90. The number of carbonyl (C=O) groups is 1. The molecule has 2 aromatic rings. The number of aliphatic imine (C=N–C) groups is 2. The molecule has 0 heterocycles. The third-order valence-corrected chi connectivity index (χ3v) is 11.7. The molecule has 2 aromatic carbocycles. The van der Waals surface area contributed by atoms with E-state index >= 15 is 0 Å². The fourth-order valence-corrected chi connectivity index (χ4v) is 8.38. The fraction of sp³-hybridized carbons (Fsp3) is 0.667. The number of benzene rings is 2. The van der Waals surface area contributed by atoms with Crippen molar-refractivity contribution in [1.29, 1.82) is 0 Å². The Bertz CT molecular complexity index is 1870. The Labute approximate surface area is 425 Å². The molecule has 13 nitrogen and oxygen atoms in total. The number of hydrogen-bond acceptors (Lipinski definition) is 5. The Hall–Kier alpha value is -4.30. The maximum absolute atomic E-state index is 11.8. The van der Waals surface area contributed by atoms with Gasteiger partial charge in [0.25, 0.3) is 0 Å².